The van der Waals surface area contributed by atoms with Crippen molar-refractivity contribution in [3.63, 3.8) is 0 Å². The summed E-state index contributed by atoms with van der Waals surface area (Å²) in [6.07, 6.45) is 4.82. The number of nitrogens with zero attached hydrogens (tertiary/aromatic N) is 2. The Bertz CT molecular complexity index is 700. The van der Waals surface area contributed by atoms with Crippen LogP contribution in [0.15, 0.2) is 36.7 Å². The number of halogens is 1. The Kier molecular flexibility index (Phi) is 4.59. The molecule has 5 nitrogen and oxygen atoms in total. The van der Waals surface area contributed by atoms with Crippen LogP contribution in [-0.2, 0) is 0 Å². The number of carbonyl (C=O) groups excluding carboxylic acids is 1. The van der Waals surface area contributed by atoms with E-state index in [1.807, 2.05) is 29.1 Å². The molecule has 3 rings (SSSR count). The van der Waals surface area contributed by atoms with Crippen LogP contribution in [0, 0.1) is 0 Å². The first-order valence-corrected chi connectivity index (χ1v) is 7.96. The molecule has 6 heteroatoms. The first-order chi connectivity index (χ1) is 11.1. The fourth-order valence-electron chi connectivity index (χ4n) is 2.88. The van der Waals surface area contributed by atoms with Gasteiger partial charge in [-0.1, -0.05) is 11.6 Å². The third kappa shape index (κ3) is 3.21. The number of aliphatic hydroxyl groups excluding tert-OH is 1. The predicted molar refractivity (Wildman–Crippen MR) is 88.5 cm³/mol. The molecule has 1 atom stereocenters. The molecular formula is C17H19ClN2O3. The average molecular weight is 335 g/mol. The molecule has 1 unspecified atom stereocenters. The molecule has 1 aliphatic heterocycles. The lowest BCUT2D eigenvalue weighted by Crippen LogP contribution is -2.42. The van der Waals surface area contributed by atoms with Crippen LogP contribution in [0.4, 0.5) is 0 Å². The van der Waals surface area contributed by atoms with Crippen molar-refractivity contribution in [1.82, 2.24) is 9.47 Å². The number of methoxy groups -OCH3 is 1. The van der Waals surface area contributed by atoms with Crippen LogP contribution in [0.5, 0.6) is 5.75 Å². The number of carbonyl (C=O) groups is 1. The van der Waals surface area contributed by atoms with Crippen molar-refractivity contribution < 1.29 is 14.6 Å². The van der Waals surface area contributed by atoms with Crippen LogP contribution in [0.1, 0.15) is 23.2 Å². The molecule has 1 amide bonds. The van der Waals surface area contributed by atoms with Gasteiger partial charge in [0.1, 0.15) is 5.75 Å². The van der Waals surface area contributed by atoms with Crippen LogP contribution < -0.4 is 4.74 Å². The van der Waals surface area contributed by atoms with Crippen LogP contribution in [0.2, 0.25) is 5.02 Å². The number of benzene rings is 1. The lowest BCUT2D eigenvalue weighted by Gasteiger charge is -2.30. The molecule has 1 N–H and O–H groups in total. The number of aliphatic hydroxyl groups is 1. The summed E-state index contributed by atoms with van der Waals surface area (Å²) in [6, 6.07) is 7.20. The van der Waals surface area contributed by atoms with E-state index in [4.69, 9.17) is 16.3 Å². The molecule has 122 valence electrons. The van der Waals surface area contributed by atoms with E-state index in [0.29, 0.717) is 29.4 Å². The van der Waals surface area contributed by atoms with E-state index in [-0.39, 0.29) is 5.91 Å². The maximum Gasteiger partial charge on any atom is 0.257 e. The molecule has 1 saturated heterocycles. The van der Waals surface area contributed by atoms with Crippen molar-refractivity contribution in [2.45, 2.75) is 18.9 Å². The second-order valence-corrected chi connectivity index (χ2v) is 6.05. The van der Waals surface area contributed by atoms with Crippen molar-refractivity contribution in [3.05, 3.63) is 47.2 Å². The summed E-state index contributed by atoms with van der Waals surface area (Å²) >= 11 is 6.36. The Balaban J connectivity index is 1.96. The number of β-amino-alcohol motifs (C(OH)–C–C–N with tert-alkyl or cyclic N) is 1. The summed E-state index contributed by atoms with van der Waals surface area (Å²) in [5.41, 5.74) is 1.17. The van der Waals surface area contributed by atoms with Crippen LogP contribution in [-0.4, -0.2) is 46.8 Å². The highest BCUT2D eigenvalue weighted by Crippen LogP contribution is 2.31. The van der Waals surface area contributed by atoms with Crippen LogP contribution in [0.3, 0.4) is 0 Å². The number of piperidine rings is 1. The first kappa shape index (κ1) is 15.9. The average Bonchev–Trinajstić information content (AvgIpc) is 3.08. The zero-order valence-corrected chi connectivity index (χ0v) is 13.7. The molecule has 0 saturated carbocycles. The monoisotopic (exact) mass is 334 g/mol. The van der Waals surface area contributed by atoms with Gasteiger partial charge in [-0.25, -0.2) is 0 Å². The van der Waals surface area contributed by atoms with Gasteiger partial charge in [0.15, 0.2) is 0 Å². The maximum atomic E-state index is 12.7. The highest BCUT2D eigenvalue weighted by atomic mass is 35.5. The molecule has 23 heavy (non-hydrogen) atoms. The molecule has 1 fully saturated rings. The van der Waals surface area contributed by atoms with Gasteiger partial charge in [-0.2, -0.15) is 0 Å². The van der Waals surface area contributed by atoms with Crippen molar-refractivity contribution in [3.8, 4) is 11.4 Å². The molecule has 1 aromatic carbocycles. The number of likely N-dealkylation sites (tertiary alicyclic amines) is 1. The number of hydrogen-bond donors (Lipinski definition) is 1. The van der Waals surface area contributed by atoms with Crippen LogP contribution in [0.25, 0.3) is 5.69 Å². The van der Waals surface area contributed by atoms with E-state index in [9.17, 15) is 9.90 Å². The topological polar surface area (TPSA) is 54.7 Å². The number of amides is 1. The van der Waals surface area contributed by atoms with E-state index < -0.39 is 6.10 Å². The predicted octanol–water partition coefficient (Wildman–Crippen LogP) is 2.74. The van der Waals surface area contributed by atoms with Crippen molar-refractivity contribution in [2.24, 2.45) is 0 Å². The van der Waals surface area contributed by atoms with Gasteiger partial charge in [-0.15, -0.1) is 0 Å². The third-order valence-electron chi connectivity index (χ3n) is 4.07. The van der Waals surface area contributed by atoms with E-state index in [0.717, 1.165) is 18.5 Å². The summed E-state index contributed by atoms with van der Waals surface area (Å²) in [5.74, 6) is 0.310. The molecule has 0 bridgehead atoms. The first-order valence-electron chi connectivity index (χ1n) is 7.58. The molecule has 1 aromatic heterocycles. The van der Waals surface area contributed by atoms with Gasteiger partial charge in [0.05, 0.1) is 29.5 Å². The zero-order chi connectivity index (χ0) is 16.4. The largest absolute Gasteiger partial charge is 0.496 e. The van der Waals surface area contributed by atoms with Gasteiger partial charge in [0, 0.05) is 31.5 Å². The fraction of sp³-hybridized carbons (Fsp3) is 0.353. The molecule has 2 aromatic rings. The molecule has 0 aliphatic carbocycles. The van der Waals surface area contributed by atoms with Gasteiger partial charge in [0.2, 0.25) is 0 Å². The van der Waals surface area contributed by atoms with Crippen molar-refractivity contribution >= 4 is 17.5 Å². The quantitative estimate of drug-likeness (QED) is 0.939. The lowest BCUT2D eigenvalue weighted by molar-refractivity contribution is 0.0471. The highest BCUT2D eigenvalue weighted by molar-refractivity contribution is 6.33. The summed E-state index contributed by atoms with van der Waals surface area (Å²) in [6.45, 7) is 0.981. The minimum absolute atomic E-state index is 0.165. The molecule has 2 heterocycles. The Morgan fingerprint density at radius 3 is 2.74 bits per heavy atom. The number of hydrogen-bond acceptors (Lipinski definition) is 3. The Morgan fingerprint density at radius 1 is 1.35 bits per heavy atom. The summed E-state index contributed by atoms with van der Waals surface area (Å²) in [7, 11) is 1.53. The van der Waals surface area contributed by atoms with Gasteiger partial charge in [-0.05, 0) is 31.0 Å². The minimum Gasteiger partial charge on any atom is -0.496 e. The number of aromatic nitrogens is 1. The van der Waals surface area contributed by atoms with Gasteiger partial charge >= 0.3 is 0 Å². The highest BCUT2D eigenvalue weighted by Gasteiger charge is 2.26. The maximum absolute atomic E-state index is 12.7. The fourth-order valence-corrected chi connectivity index (χ4v) is 3.14. The van der Waals surface area contributed by atoms with Gasteiger partial charge < -0.3 is 19.3 Å². The number of ether oxygens (including phenoxy) is 1. The summed E-state index contributed by atoms with van der Waals surface area (Å²) in [4.78, 5) is 14.4. The molecule has 1 aliphatic rings. The standard InChI is InChI=1S/C17H19ClN2O3/c1-23-16-10-15(19-6-2-3-7-19)14(18)9-13(16)17(22)20-8-4-5-12(21)11-20/h2-3,6-7,9-10,12,21H,4-5,8,11H2,1H3. The van der Waals surface area contributed by atoms with E-state index >= 15 is 0 Å². The minimum atomic E-state index is -0.465. The summed E-state index contributed by atoms with van der Waals surface area (Å²) < 4.78 is 7.26. The van der Waals surface area contributed by atoms with Gasteiger partial charge in [0.25, 0.3) is 5.91 Å². The normalized spacial score (nSPS) is 18.0. The molecule has 0 radical (unpaired) electrons. The zero-order valence-electron chi connectivity index (χ0n) is 12.9. The third-order valence-corrected chi connectivity index (χ3v) is 4.37. The second kappa shape index (κ2) is 6.64. The van der Waals surface area contributed by atoms with E-state index in [2.05, 4.69) is 0 Å². The van der Waals surface area contributed by atoms with E-state index in [1.54, 1.807) is 17.0 Å². The van der Waals surface area contributed by atoms with Crippen molar-refractivity contribution in [2.75, 3.05) is 20.2 Å². The molecule has 0 spiro atoms. The summed E-state index contributed by atoms with van der Waals surface area (Å²) in [5, 5.41) is 10.2. The second-order valence-electron chi connectivity index (χ2n) is 5.64. The van der Waals surface area contributed by atoms with Crippen LogP contribution >= 0.6 is 11.6 Å². The Hall–Kier alpha value is -1.98. The number of rotatable bonds is 3. The smallest absolute Gasteiger partial charge is 0.257 e. The van der Waals surface area contributed by atoms with Crippen molar-refractivity contribution in [1.29, 1.82) is 0 Å². The Morgan fingerprint density at radius 2 is 2.09 bits per heavy atom. The SMILES string of the molecule is COc1cc(-n2cccc2)c(Cl)cc1C(=O)N1CCCC(O)C1. The lowest BCUT2D eigenvalue weighted by atomic mass is 10.1. The Labute approximate surface area is 140 Å². The molecular weight excluding hydrogens is 316 g/mol. The van der Waals surface area contributed by atoms with Gasteiger partial charge in [-0.3, -0.25) is 4.79 Å². The van der Waals surface area contributed by atoms with E-state index in [1.165, 1.54) is 7.11 Å².